The van der Waals surface area contributed by atoms with Crippen molar-refractivity contribution >= 4 is 15.9 Å². The first-order valence-electron chi connectivity index (χ1n) is 6.73. The van der Waals surface area contributed by atoms with Crippen LogP contribution in [0.4, 0.5) is 0 Å². The Kier molecular flexibility index (Phi) is 3.27. The summed E-state index contributed by atoms with van der Waals surface area (Å²) in [5.74, 6) is 0. The Bertz CT molecular complexity index is 607. The van der Waals surface area contributed by atoms with Crippen molar-refractivity contribution in [2.45, 2.75) is 39.2 Å². The fourth-order valence-corrected chi connectivity index (χ4v) is 3.95. The molecular weight excluding hydrogens is 302 g/mol. The molecule has 1 aromatic carbocycles. The molecule has 0 bridgehead atoms. The number of fused-ring (bicyclic) bond motifs is 1. The van der Waals surface area contributed by atoms with E-state index in [1.807, 2.05) is 0 Å². The molecule has 0 aliphatic heterocycles. The van der Waals surface area contributed by atoms with E-state index in [1.54, 1.807) is 0 Å². The van der Waals surface area contributed by atoms with Gasteiger partial charge >= 0.3 is 0 Å². The minimum absolute atomic E-state index is 0.297. The van der Waals surface area contributed by atoms with Gasteiger partial charge in [0.25, 0.3) is 0 Å². The van der Waals surface area contributed by atoms with Crippen molar-refractivity contribution in [3.05, 3.63) is 51.3 Å². The van der Waals surface area contributed by atoms with E-state index in [1.165, 1.54) is 22.5 Å². The van der Waals surface area contributed by atoms with E-state index in [0.717, 1.165) is 29.3 Å². The van der Waals surface area contributed by atoms with Gasteiger partial charge in [0.2, 0.25) is 0 Å². The summed E-state index contributed by atoms with van der Waals surface area (Å²) in [6, 6.07) is 6.41. The predicted molar refractivity (Wildman–Crippen MR) is 80.8 cm³/mol. The molecule has 3 heteroatoms. The van der Waals surface area contributed by atoms with Crippen molar-refractivity contribution in [3.63, 3.8) is 0 Å². The zero-order chi connectivity index (χ0) is 13.6. The third kappa shape index (κ3) is 2.15. The maximum absolute atomic E-state index is 10.1. The highest BCUT2D eigenvalue weighted by Crippen LogP contribution is 2.35. The number of aliphatic hydroxyl groups is 1. The topological polar surface area (TPSA) is 25.2 Å². The molecule has 0 radical (unpaired) electrons. The molecule has 2 nitrogen and oxygen atoms in total. The number of halogens is 1. The first-order chi connectivity index (χ1) is 9.08. The molecule has 0 saturated heterocycles. The summed E-state index contributed by atoms with van der Waals surface area (Å²) in [5.41, 5.74) is 6.06. The molecule has 1 aromatic heterocycles. The zero-order valence-electron chi connectivity index (χ0n) is 11.3. The predicted octanol–water partition coefficient (Wildman–Crippen LogP) is 4.23. The molecule has 1 N–H and O–H groups in total. The van der Waals surface area contributed by atoms with Gasteiger partial charge in [0, 0.05) is 21.9 Å². The Labute approximate surface area is 122 Å². The van der Waals surface area contributed by atoms with Crippen LogP contribution in [-0.2, 0) is 6.42 Å². The molecule has 1 aliphatic carbocycles. The molecular formula is C16H18BrNO. The lowest BCUT2D eigenvalue weighted by Crippen LogP contribution is -2.11. The lowest BCUT2D eigenvalue weighted by molar-refractivity contribution is 0.156. The van der Waals surface area contributed by atoms with E-state index in [0.29, 0.717) is 0 Å². The average molecular weight is 320 g/mol. The molecule has 1 aliphatic rings. The summed E-state index contributed by atoms with van der Waals surface area (Å²) >= 11 is 3.68. The van der Waals surface area contributed by atoms with Crippen LogP contribution in [0.3, 0.4) is 0 Å². The summed E-state index contributed by atoms with van der Waals surface area (Å²) in [5, 5.41) is 10.1. The third-order valence-corrected chi connectivity index (χ3v) is 4.52. The van der Waals surface area contributed by atoms with Crippen LogP contribution in [-0.4, -0.2) is 9.67 Å². The first kappa shape index (κ1) is 12.9. The number of hydrogen-bond donors (Lipinski definition) is 1. The van der Waals surface area contributed by atoms with Crippen LogP contribution in [0.1, 0.15) is 41.3 Å². The van der Waals surface area contributed by atoms with Crippen molar-refractivity contribution in [3.8, 4) is 5.69 Å². The quantitative estimate of drug-likeness (QED) is 0.836. The van der Waals surface area contributed by atoms with Gasteiger partial charge in [-0.05, 0) is 72.3 Å². The fourth-order valence-electron chi connectivity index (χ4n) is 3.09. The molecule has 0 amide bonds. The second kappa shape index (κ2) is 4.80. The number of aryl methyl sites for hydroxylation is 2. The monoisotopic (exact) mass is 319 g/mol. The number of aromatic nitrogens is 1. The van der Waals surface area contributed by atoms with E-state index in [2.05, 4.69) is 58.7 Å². The lowest BCUT2D eigenvalue weighted by atomic mass is 9.95. The largest absolute Gasteiger partial charge is 0.388 e. The van der Waals surface area contributed by atoms with Crippen LogP contribution in [0.25, 0.3) is 5.69 Å². The smallest absolute Gasteiger partial charge is 0.0807 e. The lowest BCUT2D eigenvalue weighted by Gasteiger charge is -2.21. The van der Waals surface area contributed by atoms with Gasteiger partial charge in [-0.15, -0.1) is 0 Å². The minimum atomic E-state index is -0.297. The van der Waals surface area contributed by atoms with Crippen LogP contribution < -0.4 is 0 Å². The molecule has 0 saturated carbocycles. The van der Waals surface area contributed by atoms with Crippen molar-refractivity contribution in [1.29, 1.82) is 0 Å². The van der Waals surface area contributed by atoms with E-state index < -0.39 is 0 Å². The standard InChI is InChI=1S/C16H18BrNO/c1-10-8-11(2)16(13(17)9-10)18-7-6-12-14(18)4-3-5-15(12)19/h6-9,15,19H,3-5H2,1-2H3. The number of benzene rings is 1. The van der Waals surface area contributed by atoms with Gasteiger partial charge < -0.3 is 9.67 Å². The number of aliphatic hydroxyl groups excluding tert-OH is 1. The normalized spacial score (nSPS) is 18.4. The zero-order valence-corrected chi connectivity index (χ0v) is 12.9. The number of nitrogens with zero attached hydrogens (tertiary/aromatic N) is 1. The van der Waals surface area contributed by atoms with Crippen molar-refractivity contribution in [2.24, 2.45) is 0 Å². The van der Waals surface area contributed by atoms with E-state index in [9.17, 15) is 5.11 Å². The van der Waals surface area contributed by atoms with Gasteiger partial charge in [-0.2, -0.15) is 0 Å². The molecule has 1 heterocycles. The number of hydrogen-bond acceptors (Lipinski definition) is 1. The van der Waals surface area contributed by atoms with Gasteiger partial charge in [0.05, 0.1) is 11.8 Å². The second-order valence-corrected chi connectivity index (χ2v) is 6.26. The van der Waals surface area contributed by atoms with Crippen LogP contribution in [0.15, 0.2) is 28.9 Å². The summed E-state index contributed by atoms with van der Waals surface area (Å²) in [7, 11) is 0. The van der Waals surface area contributed by atoms with E-state index in [-0.39, 0.29) is 6.10 Å². The third-order valence-electron chi connectivity index (χ3n) is 3.92. The summed E-state index contributed by atoms with van der Waals surface area (Å²) in [6.07, 6.45) is 4.77. The van der Waals surface area contributed by atoms with E-state index >= 15 is 0 Å². The maximum Gasteiger partial charge on any atom is 0.0807 e. The average Bonchev–Trinajstić information content (AvgIpc) is 2.73. The molecule has 1 atom stereocenters. The van der Waals surface area contributed by atoms with Crippen LogP contribution in [0.5, 0.6) is 0 Å². The Hall–Kier alpha value is -1.06. The van der Waals surface area contributed by atoms with Crippen LogP contribution in [0.2, 0.25) is 0 Å². The molecule has 3 rings (SSSR count). The van der Waals surface area contributed by atoms with E-state index in [4.69, 9.17) is 0 Å². The Balaban J connectivity index is 2.19. The van der Waals surface area contributed by atoms with Gasteiger partial charge in [-0.3, -0.25) is 0 Å². The Morgan fingerprint density at radius 1 is 1.32 bits per heavy atom. The Morgan fingerprint density at radius 2 is 2.11 bits per heavy atom. The van der Waals surface area contributed by atoms with Gasteiger partial charge in [0.15, 0.2) is 0 Å². The highest BCUT2D eigenvalue weighted by molar-refractivity contribution is 9.10. The van der Waals surface area contributed by atoms with Crippen molar-refractivity contribution < 1.29 is 5.11 Å². The van der Waals surface area contributed by atoms with Gasteiger partial charge in [0.1, 0.15) is 0 Å². The van der Waals surface area contributed by atoms with Crippen molar-refractivity contribution in [1.82, 2.24) is 4.57 Å². The highest BCUT2D eigenvalue weighted by atomic mass is 79.9. The van der Waals surface area contributed by atoms with Crippen LogP contribution in [0, 0.1) is 13.8 Å². The Morgan fingerprint density at radius 3 is 2.84 bits per heavy atom. The summed E-state index contributed by atoms with van der Waals surface area (Å²) in [4.78, 5) is 0. The first-order valence-corrected chi connectivity index (χ1v) is 7.52. The molecule has 2 aromatic rings. The second-order valence-electron chi connectivity index (χ2n) is 5.41. The SMILES string of the molecule is Cc1cc(C)c(-n2ccc3c2CCCC3O)c(Br)c1. The molecule has 1 unspecified atom stereocenters. The molecule has 19 heavy (non-hydrogen) atoms. The fraction of sp³-hybridized carbons (Fsp3) is 0.375. The highest BCUT2D eigenvalue weighted by Gasteiger charge is 2.22. The van der Waals surface area contributed by atoms with Crippen molar-refractivity contribution in [2.75, 3.05) is 0 Å². The van der Waals surface area contributed by atoms with Gasteiger partial charge in [-0.1, -0.05) is 6.07 Å². The summed E-state index contributed by atoms with van der Waals surface area (Å²) in [6.45, 7) is 4.25. The maximum atomic E-state index is 10.1. The molecule has 0 spiro atoms. The molecule has 100 valence electrons. The van der Waals surface area contributed by atoms with Gasteiger partial charge in [-0.25, -0.2) is 0 Å². The minimum Gasteiger partial charge on any atom is -0.388 e. The molecule has 0 fully saturated rings. The van der Waals surface area contributed by atoms with Crippen LogP contribution >= 0.6 is 15.9 Å². The summed E-state index contributed by atoms with van der Waals surface area (Å²) < 4.78 is 3.35. The number of rotatable bonds is 1.